The van der Waals surface area contributed by atoms with Crippen LogP contribution in [-0.4, -0.2) is 22.1 Å². The van der Waals surface area contributed by atoms with E-state index in [4.69, 9.17) is 16.7 Å². The Bertz CT molecular complexity index is 235. The molecule has 11 heavy (non-hydrogen) atoms. The molecule has 1 atom stereocenters. The van der Waals surface area contributed by atoms with E-state index in [2.05, 4.69) is 4.74 Å². The lowest BCUT2D eigenvalue weighted by Gasteiger charge is -2.15. The van der Waals surface area contributed by atoms with E-state index in [1.807, 2.05) is 0 Å². The van der Waals surface area contributed by atoms with Crippen molar-refractivity contribution in [3.63, 3.8) is 0 Å². The minimum Gasteiger partial charge on any atom is -0.481 e. The van der Waals surface area contributed by atoms with Crippen molar-refractivity contribution in [2.45, 2.75) is 11.5 Å². The van der Waals surface area contributed by atoms with Crippen molar-refractivity contribution in [3.05, 3.63) is 12.2 Å². The van der Waals surface area contributed by atoms with Crippen LogP contribution in [0.1, 0.15) is 6.42 Å². The van der Waals surface area contributed by atoms with Crippen LogP contribution >= 0.6 is 11.6 Å². The van der Waals surface area contributed by atoms with Gasteiger partial charge in [0.05, 0.1) is 0 Å². The standard InChI is InChI=1S/C6H5ClO4/c7-6(3-4(8)9)2-1-5(10)11-6/h1-2H,3H2,(H,8,9). The van der Waals surface area contributed by atoms with Gasteiger partial charge in [-0.25, -0.2) is 4.79 Å². The number of carbonyl (C=O) groups is 2. The summed E-state index contributed by atoms with van der Waals surface area (Å²) in [6, 6.07) is 0. The molecular weight excluding hydrogens is 172 g/mol. The van der Waals surface area contributed by atoms with E-state index in [1.165, 1.54) is 6.08 Å². The van der Waals surface area contributed by atoms with E-state index in [0.717, 1.165) is 6.08 Å². The maximum absolute atomic E-state index is 10.5. The molecule has 0 saturated carbocycles. The number of esters is 1. The first-order valence-electron chi connectivity index (χ1n) is 2.85. The van der Waals surface area contributed by atoms with Gasteiger partial charge in [-0.2, -0.15) is 0 Å². The highest BCUT2D eigenvalue weighted by molar-refractivity contribution is 6.27. The van der Waals surface area contributed by atoms with E-state index in [9.17, 15) is 9.59 Å². The average Bonchev–Trinajstić information content (AvgIpc) is 2.08. The lowest BCUT2D eigenvalue weighted by atomic mass is 10.2. The number of carbonyl (C=O) groups excluding carboxylic acids is 1. The first-order valence-corrected chi connectivity index (χ1v) is 3.22. The average molecular weight is 177 g/mol. The molecule has 60 valence electrons. The van der Waals surface area contributed by atoms with Crippen LogP contribution in [0.3, 0.4) is 0 Å². The molecule has 1 rings (SSSR count). The van der Waals surface area contributed by atoms with Gasteiger partial charge in [0.15, 0.2) is 0 Å². The van der Waals surface area contributed by atoms with Gasteiger partial charge >= 0.3 is 11.9 Å². The third-order valence-corrected chi connectivity index (χ3v) is 1.47. The zero-order valence-electron chi connectivity index (χ0n) is 5.41. The number of halogens is 1. The summed E-state index contributed by atoms with van der Waals surface area (Å²) in [5, 5.41) is 6.85. The summed E-state index contributed by atoms with van der Waals surface area (Å²) in [6.07, 6.45) is 1.91. The molecule has 0 aromatic rings. The summed E-state index contributed by atoms with van der Waals surface area (Å²) < 4.78 is 4.49. The highest BCUT2D eigenvalue weighted by Crippen LogP contribution is 2.28. The second-order valence-corrected chi connectivity index (χ2v) is 2.75. The SMILES string of the molecule is O=C(O)CC1(Cl)C=CC(=O)O1. The van der Waals surface area contributed by atoms with Gasteiger partial charge < -0.3 is 9.84 Å². The van der Waals surface area contributed by atoms with E-state index >= 15 is 0 Å². The van der Waals surface area contributed by atoms with Crippen LogP contribution in [0.2, 0.25) is 0 Å². The summed E-state index contributed by atoms with van der Waals surface area (Å²) >= 11 is 5.55. The van der Waals surface area contributed by atoms with Crippen molar-refractivity contribution in [2.24, 2.45) is 0 Å². The summed E-state index contributed by atoms with van der Waals surface area (Å²) in [5.41, 5.74) is 0. The van der Waals surface area contributed by atoms with Crippen LogP contribution in [-0.2, 0) is 14.3 Å². The molecule has 0 aromatic heterocycles. The minimum absolute atomic E-state index is 0.420. The van der Waals surface area contributed by atoms with E-state index in [1.54, 1.807) is 0 Å². The maximum atomic E-state index is 10.5. The molecule has 0 amide bonds. The second-order valence-electron chi connectivity index (χ2n) is 2.11. The Morgan fingerprint density at radius 1 is 1.82 bits per heavy atom. The quantitative estimate of drug-likeness (QED) is 0.492. The van der Waals surface area contributed by atoms with Crippen molar-refractivity contribution in [1.82, 2.24) is 0 Å². The molecule has 0 radical (unpaired) electrons. The van der Waals surface area contributed by atoms with Crippen LogP contribution in [0, 0.1) is 0 Å². The predicted octanol–water partition coefficient (Wildman–Crippen LogP) is 0.509. The molecule has 0 fully saturated rings. The molecule has 1 unspecified atom stereocenters. The predicted molar refractivity (Wildman–Crippen MR) is 36.1 cm³/mol. The Kier molecular flexibility index (Phi) is 1.87. The number of aliphatic carboxylic acids is 1. The van der Waals surface area contributed by atoms with Crippen molar-refractivity contribution < 1.29 is 19.4 Å². The molecule has 4 nitrogen and oxygen atoms in total. The lowest BCUT2D eigenvalue weighted by molar-refractivity contribution is -0.146. The first-order chi connectivity index (χ1) is 5.02. The smallest absolute Gasteiger partial charge is 0.332 e. The van der Waals surface area contributed by atoms with E-state index in [0.29, 0.717) is 0 Å². The molecule has 0 bridgehead atoms. The molecular formula is C6H5ClO4. The first kappa shape index (κ1) is 8.07. The zero-order valence-corrected chi connectivity index (χ0v) is 6.17. The topological polar surface area (TPSA) is 63.6 Å². The fraction of sp³-hybridized carbons (Fsp3) is 0.333. The van der Waals surface area contributed by atoms with E-state index in [-0.39, 0.29) is 0 Å². The number of hydrogen-bond donors (Lipinski definition) is 1. The molecule has 1 aliphatic rings. The number of cyclic esters (lactones) is 1. The van der Waals surface area contributed by atoms with Crippen LogP contribution in [0.15, 0.2) is 12.2 Å². The van der Waals surface area contributed by atoms with Crippen LogP contribution in [0.4, 0.5) is 0 Å². The van der Waals surface area contributed by atoms with Gasteiger partial charge in [0, 0.05) is 6.08 Å². The second kappa shape index (κ2) is 2.54. The zero-order chi connectivity index (χ0) is 8.48. The molecule has 0 saturated heterocycles. The van der Waals surface area contributed by atoms with E-state index < -0.39 is 23.4 Å². The molecule has 1 aliphatic heterocycles. The normalized spacial score (nSPS) is 28.6. The largest absolute Gasteiger partial charge is 0.481 e. The number of carboxylic acid groups (broad SMARTS) is 1. The van der Waals surface area contributed by atoms with Gasteiger partial charge in [0.25, 0.3) is 0 Å². The van der Waals surface area contributed by atoms with Crippen LogP contribution in [0.5, 0.6) is 0 Å². The highest BCUT2D eigenvalue weighted by Gasteiger charge is 2.35. The van der Waals surface area contributed by atoms with Crippen LogP contribution in [0.25, 0.3) is 0 Å². The number of hydrogen-bond acceptors (Lipinski definition) is 3. The summed E-state index contributed by atoms with van der Waals surface area (Å²) in [5.74, 6) is -1.72. The van der Waals surface area contributed by atoms with Gasteiger partial charge in [0.1, 0.15) is 6.42 Å². The molecule has 0 spiro atoms. The third kappa shape index (κ3) is 1.94. The number of alkyl halides is 1. The summed E-state index contributed by atoms with van der Waals surface area (Å²) in [6.45, 7) is 0. The van der Waals surface area contributed by atoms with Crippen LogP contribution < -0.4 is 0 Å². The van der Waals surface area contributed by atoms with Gasteiger partial charge in [-0.3, -0.25) is 4.79 Å². The summed E-state index contributed by atoms with van der Waals surface area (Å²) in [4.78, 5) is 20.6. The molecule has 1 heterocycles. The lowest BCUT2D eigenvalue weighted by Crippen LogP contribution is -2.24. The van der Waals surface area contributed by atoms with Crippen molar-refractivity contribution in [1.29, 1.82) is 0 Å². The molecule has 0 aliphatic carbocycles. The van der Waals surface area contributed by atoms with Gasteiger partial charge in [0.2, 0.25) is 5.06 Å². The van der Waals surface area contributed by atoms with Gasteiger partial charge in [-0.05, 0) is 6.08 Å². The van der Waals surface area contributed by atoms with Crippen molar-refractivity contribution in [3.8, 4) is 0 Å². The minimum atomic E-state index is -1.47. The maximum Gasteiger partial charge on any atom is 0.332 e. The number of ether oxygens (including phenoxy) is 1. The molecule has 1 N–H and O–H groups in total. The third-order valence-electron chi connectivity index (χ3n) is 1.13. The monoisotopic (exact) mass is 176 g/mol. The number of carboxylic acids is 1. The number of rotatable bonds is 2. The summed E-state index contributed by atoms with van der Waals surface area (Å²) in [7, 11) is 0. The highest BCUT2D eigenvalue weighted by atomic mass is 35.5. The Labute approximate surface area is 67.4 Å². The van der Waals surface area contributed by atoms with Crippen molar-refractivity contribution in [2.75, 3.05) is 0 Å². The Hall–Kier alpha value is -1.03. The Morgan fingerprint density at radius 2 is 2.45 bits per heavy atom. The Balaban J connectivity index is 2.63. The molecule has 5 heteroatoms. The fourth-order valence-corrected chi connectivity index (χ4v) is 0.982. The van der Waals surface area contributed by atoms with Crippen molar-refractivity contribution >= 4 is 23.5 Å². The van der Waals surface area contributed by atoms with Gasteiger partial charge in [-0.1, -0.05) is 11.6 Å². The Morgan fingerprint density at radius 3 is 2.82 bits per heavy atom. The molecule has 0 aromatic carbocycles. The fourth-order valence-electron chi connectivity index (χ4n) is 0.729. The van der Waals surface area contributed by atoms with Gasteiger partial charge in [-0.15, -0.1) is 0 Å².